The molecule has 5 nitrogen and oxygen atoms in total. The van der Waals surface area contributed by atoms with Crippen LogP contribution in [0.2, 0.25) is 0 Å². The van der Waals surface area contributed by atoms with Gasteiger partial charge in [0.2, 0.25) is 0 Å². The summed E-state index contributed by atoms with van der Waals surface area (Å²) in [5, 5.41) is 12.0. The zero-order valence-electron chi connectivity index (χ0n) is 10.1. The molecule has 0 aromatic carbocycles. The fourth-order valence-electron chi connectivity index (χ4n) is 1.67. The third-order valence-corrected chi connectivity index (χ3v) is 2.85. The van der Waals surface area contributed by atoms with Crippen molar-refractivity contribution >= 4 is 11.8 Å². The standard InChI is InChI=1S/C12H17N3O2/c1-7(2)10(12(16)17)14-9-5-6-13-11(15-9)8-3-4-8/h5-8,10H,3-4H2,1-2H3,(H,16,17)(H,13,14,15)/t10-/m0/s1. The molecule has 1 aromatic rings. The third-order valence-electron chi connectivity index (χ3n) is 2.85. The summed E-state index contributed by atoms with van der Waals surface area (Å²) in [6.45, 7) is 3.74. The van der Waals surface area contributed by atoms with Crippen LogP contribution in [0.3, 0.4) is 0 Å². The van der Waals surface area contributed by atoms with E-state index in [0.717, 1.165) is 18.7 Å². The molecular formula is C12H17N3O2. The van der Waals surface area contributed by atoms with Crippen LogP contribution < -0.4 is 5.32 Å². The minimum Gasteiger partial charge on any atom is -0.480 e. The molecule has 1 aliphatic carbocycles. The highest BCUT2D eigenvalue weighted by atomic mass is 16.4. The predicted octanol–water partition coefficient (Wildman–Crippen LogP) is 1.88. The van der Waals surface area contributed by atoms with Gasteiger partial charge in [0.05, 0.1) is 0 Å². The number of aromatic nitrogens is 2. The number of rotatable bonds is 5. The Balaban J connectivity index is 2.10. The van der Waals surface area contributed by atoms with E-state index < -0.39 is 12.0 Å². The minimum absolute atomic E-state index is 0.00633. The number of carboxylic acid groups (broad SMARTS) is 1. The molecule has 0 spiro atoms. The van der Waals surface area contributed by atoms with E-state index in [1.807, 2.05) is 13.8 Å². The van der Waals surface area contributed by atoms with Crippen molar-refractivity contribution in [1.29, 1.82) is 0 Å². The van der Waals surface area contributed by atoms with Crippen LogP contribution in [0, 0.1) is 5.92 Å². The van der Waals surface area contributed by atoms with E-state index in [2.05, 4.69) is 15.3 Å². The van der Waals surface area contributed by atoms with Gasteiger partial charge in [-0.25, -0.2) is 14.8 Å². The van der Waals surface area contributed by atoms with Crippen molar-refractivity contribution in [2.45, 2.75) is 38.6 Å². The van der Waals surface area contributed by atoms with Gasteiger partial charge < -0.3 is 10.4 Å². The van der Waals surface area contributed by atoms with E-state index >= 15 is 0 Å². The number of hydrogen-bond acceptors (Lipinski definition) is 4. The van der Waals surface area contributed by atoms with Crippen molar-refractivity contribution in [2.75, 3.05) is 5.32 Å². The zero-order chi connectivity index (χ0) is 12.4. The van der Waals surface area contributed by atoms with Crippen molar-refractivity contribution in [1.82, 2.24) is 9.97 Å². The van der Waals surface area contributed by atoms with Gasteiger partial charge in [0.25, 0.3) is 0 Å². The van der Waals surface area contributed by atoms with Crippen LogP contribution >= 0.6 is 0 Å². The van der Waals surface area contributed by atoms with E-state index in [-0.39, 0.29) is 5.92 Å². The van der Waals surface area contributed by atoms with Gasteiger partial charge >= 0.3 is 5.97 Å². The maximum Gasteiger partial charge on any atom is 0.326 e. The molecule has 1 aliphatic rings. The molecular weight excluding hydrogens is 218 g/mol. The summed E-state index contributed by atoms with van der Waals surface area (Å²) in [4.78, 5) is 19.6. The van der Waals surface area contributed by atoms with Crippen LogP contribution in [0.15, 0.2) is 12.3 Å². The van der Waals surface area contributed by atoms with Crippen molar-refractivity contribution < 1.29 is 9.90 Å². The Hall–Kier alpha value is -1.65. The number of nitrogens with zero attached hydrogens (tertiary/aromatic N) is 2. The predicted molar refractivity (Wildman–Crippen MR) is 63.9 cm³/mol. The van der Waals surface area contributed by atoms with Gasteiger partial charge in [-0.05, 0) is 24.8 Å². The summed E-state index contributed by atoms with van der Waals surface area (Å²) in [7, 11) is 0. The first kappa shape index (κ1) is 11.8. The Bertz CT molecular complexity index is 416. The second kappa shape index (κ2) is 4.69. The summed E-state index contributed by atoms with van der Waals surface area (Å²) in [5.74, 6) is 1.04. The van der Waals surface area contributed by atoms with Crippen LogP contribution in [0.1, 0.15) is 38.4 Å². The number of carbonyl (C=O) groups is 1. The van der Waals surface area contributed by atoms with Gasteiger partial charge in [-0.3, -0.25) is 0 Å². The molecule has 0 unspecified atom stereocenters. The lowest BCUT2D eigenvalue weighted by Gasteiger charge is -2.18. The Morgan fingerprint density at radius 1 is 1.53 bits per heavy atom. The molecule has 1 fully saturated rings. The SMILES string of the molecule is CC(C)[C@H](Nc1ccnc(C2CC2)n1)C(=O)O. The summed E-state index contributed by atoms with van der Waals surface area (Å²) < 4.78 is 0. The molecule has 0 saturated heterocycles. The number of hydrogen-bond donors (Lipinski definition) is 2. The van der Waals surface area contributed by atoms with Crippen molar-refractivity contribution in [3.63, 3.8) is 0 Å². The lowest BCUT2D eigenvalue weighted by Crippen LogP contribution is -2.34. The molecule has 5 heteroatoms. The lowest BCUT2D eigenvalue weighted by molar-refractivity contribution is -0.138. The van der Waals surface area contributed by atoms with E-state index in [0.29, 0.717) is 11.7 Å². The topological polar surface area (TPSA) is 75.1 Å². The maximum atomic E-state index is 11.1. The minimum atomic E-state index is -0.855. The molecule has 17 heavy (non-hydrogen) atoms. The second-order valence-electron chi connectivity index (χ2n) is 4.78. The number of aliphatic carboxylic acids is 1. The van der Waals surface area contributed by atoms with Crippen molar-refractivity contribution in [2.24, 2.45) is 5.92 Å². The fourth-order valence-corrected chi connectivity index (χ4v) is 1.67. The molecule has 92 valence electrons. The van der Waals surface area contributed by atoms with Gasteiger partial charge in [-0.2, -0.15) is 0 Å². The number of nitrogens with one attached hydrogen (secondary N) is 1. The Morgan fingerprint density at radius 3 is 2.76 bits per heavy atom. The van der Waals surface area contributed by atoms with Crippen molar-refractivity contribution in [3.8, 4) is 0 Å². The van der Waals surface area contributed by atoms with Gasteiger partial charge in [0.15, 0.2) is 0 Å². The molecule has 0 amide bonds. The molecule has 0 bridgehead atoms. The fraction of sp³-hybridized carbons (Fsp3) is 0.583. The quantitative estimate of drug-likeness (QED) is 0.815. The third kappa shape index (κ3) is 2.93. The number of carboxylic acids is 1. The summed E-state index contributed by atoms with van der Waals surface area (Å²) in [6.07, 6.45) is 3.95. The van der Waals surface area contributed by atoms with Gasteiger partial charge in [-0.1, -0.05) is 13.8 Å². The Labute approximate surface area is 100 Å². The molecule has 2 rings (SSSR count). The molecule has 1 heterocycles. The number of anilines is 1. The largest absolute Gasteiger partial charge is 0.480 e. The maximum absolute atomic E-state index is 11.1. The van der Waals surface area contributed by atoms with Gasteiger partial charge in [0.1, 0.15) is 17.7 Å². The molecule has 0 aliphatic heterocycles. The van der Waals surface area contributed by atoms with Crippen molar-refractivity contribution in [3.05, 3.63) is 18.1 Å². The molecule has 1 atom stereocenters. The van der Waals surface area contributed by atoms with Crippen LogP contribution in [0.4, 0.5) is 5.82 Å². The first-order chi connectivity index (χ1) is 8.08. The Kier molecular flexibility index (Phi) is 3.26. The molecule has 2 N–H and O–H groups in total. The molecule has 0 radical (unpaired) electrons. The van der Waals surface area contributed by atoms with Crippen LogP contribution in [-0.2, 0) is 4.79 Å². The van der Waals surface area contributed by atoms with Crippen LogP contribution in [0.25, 0.3) is 0 Å². The zero-order valence-corrected chi connectivity index (χ0v) is 10.1. The smallest absolute Gasteiger partial charge is 0.326 e. The van der Waals surface area contributed by atoms with Gasteiger partial charge in [0, 0.05) is 12.1 Å². The highest BCUT2D eigenvalue weighted by Crippen LogP contribution is 2.38. The van der Waals surface area contributed by atoms with Crippen LogP contribution in [0.5, 0.6) is 0 Å². The van der Waals surface area contributed by atoms with Gasteiger partial charge in [-0.15, -0.1) is 0 Å². The average Bonchev–Trinajstić information content (AvgIpc) is 3.09. The van der Waals surface area contributed by atoms with E-state index in [9.17, 15) is 4.79 Å². The first-order valence-corrected chi connectivity index (χ1v) is 5.90. The first-order valence-electron chi connectivity index (χ1n) is 5.90. The average molecular weight is 235 g/mol. The summed E-state index contributed by atoms with van der Waals surface area (Å²) in [5.41, 5.74) is 0. The molecule has 1 saturated carbocycles. The second-order valence-corrected chi connectivity index (χ2v) is 4.78. The summed E-state index contributed by atoms with van der Waals surface area (Å²) in [6, 6.07) is 1.10. The summed E-state index contributed by atoms with van der Waals surface area (Å²) >= 11 is 0. The van der Waals surface area contributed by atoms with E-state index in [4.69, 9.17) is 5.11 Å². The monoisotopic (exact) mass is 235 g/mol. The normalized spacial score (nSPS) is 16.9. The highest BCUT2D eigenvalue weighted by molar-refractivity contribution is 5.77. The molecule has 1 aromatic heterocycles. The lowest BCUT2D eigenvalue weighted by atomic mass is 10.1. The van der Waals surface area contributed by atoms with E-state index in [1.54, 1.807) is 12.3 Å². The van der Waals surface area contributed by atoms with Crippen LogP contribution in [-0.4, -0.2) is 27.1 Å². The highest BCUT2D eigenvalue weighted by Gasteiger charge is 2.27. The van der Waals surface area contributed by atoms with E-state index in [1.165, 1.54) is 0 Å². The Morgan fingerprint density at radius 2 is 2.24 bits per heavy atom.